The van der Waals surface area contributed by atoms with Gasteiger partial charge in [-0.15, -0.1) is 0 Å². The smallest absolute Gasteiger partial charge is 0.313 e. The van der Waals surface area contributed by atoms with Gasteiger partial charge < -0.3 is 15.4 Å². The van der Waals surface area contributed by atoms with E-state index in [2.05, 4.69) is 22.8 Å². The van der Waals surface area contributed by atoms with Crippen molar-refractivity contribution in [3.63, 3.8) is 0 Å². The number of benzene rings is 2. The summed E-state index contributed by atoms with van der Waals surface area (Å²) in [7, 11) is 1.63. The third-order valence-electron chi connectivity index (χ3n) is 4.48. The van der Waals surface area contributed by atoms with Gasteiger partial charge in [-0.05, 0) is 23.3 Å². The Balaban J connectivity index is 1.60. The number of halogens is 1. The van der Waals surface area contributed by atoms with Crippen molar-refractivity contribution in [2.24, 2.45) is 0 Å². The minimum Gasteiger partial charge on any atom is -0.376 e. The molecule has 0 bridgehead atoms. The standard InChI is InChI=1S/C19H19ClN2O3/c1-25-19(10-13-6-2-3-7-14(13)11-19)12-21-17(23)18(24)22-16-9-5-4-8-15(16)20/h2-9H,10-12H2,1H3,(H,21,23)(H,22,24). The number of hydrogen-bond acceptors (Lipinski definition) is 3. The molecular formula is C19H19ClN2O3. The summed E-state index contributed by atoms with van der Waals surface area (Å²) in [4.78, 5) is 24.2. The first-order chi connectivity index (χ1) is 12.0. The number of anilines is 1. The van der Waals surface area contributed by atoms with Gasteiger partial charge in [0.1, 0.15) is 0 Å². The van der Waals surface area contributed by atoms with Gasteiger partial charge in [-0.3, -0.25) is 9.59 Å². The second-order valence-electron chi connectivity index (χ2n) is 6.13. The van der Waals surface area contributed by atoms with Crippen LogP contribution in [0.3, 0.4) is 0 Å². The lowest BCUT2D eigenvalue weighted by atomic mass is 10.00. The molecule has 0 unspecified atom stereocenters. The topological polar surface area (TPSA) is 67.4 Å². The normalized spacial score (nSPS) is 14.6. The zero-order valence-electron chi connectivity index (χ0n) is 13.8. The predicted molar refractivity (Wildman–Crippen MR) is 96.7 cm³/mol. The lowest BCUT2D eigenvalue weighted by Gasteiger charge is -2.27. The van der Waals surface area contributed by atoms with Crippen LogP contribution in [0.1, 0.15) is 11.1 Å². The molecule has 5 nitrogen and oxygen atoms in total. The van der Waals surface area contributed by atoms with Gasteiger partial charge in [0.15, 0.2) is 0 Å². The summed E-state index contributed by atoms with van der Waals surface area (Å²) in [5, 5.41) is 5.56. The molecule has 0 aromatic heterocycles. The second-order valence-corrected chi connectivity index (χ2v) is 6.53. The number of ether oxygens (including phenoxy) is 1. The molecule has 130 valence electrons. The van der Waals surface area contributed by atoms with Crippen molar-refractivity contribution >= 4 is 29.1 Å². The van der Waals surface area contributed by atoms with Crippen LogP contribution in [0.15, 0.2) is 48.5 Å². The molecule has 0 heterocycles. The molecule has 2 amide bonds. The molecule has 2 aromatic rings. The molecule has 6 heteroatoms. The highest BCUT2D eigenvalue weighted by Gasteiger charge is 2.37. The van der Waals surface area contributed by atoms with Gasteiger partial charge in [0.2, 0.25) is 0 Å². The third kappa shape index (κ3) is 3.83. The van der Waals surface area contributed by atoms with Gasteiger partial charge in [0.25, 0.3) is 0 Å². The van der Waals surface area contributed by atoms with E-state index in [4.69, 9.17) is 16.3 Å². The number of nitrogens with one attached hydrogen (secondary N) is 2. The number of carbonyl (C=O) groups is 2. The fourth-order valence-electron chi connectivity index (χ4n) is 3.06. The number of fused-ring (bicyclic) bond motifs is 1. The fraction of sp³-hybridized carbons (Fsp3) is 0.263. The largest absolute Gasteiger partial charge is 0.376 e. The van der Waals surface area contributed by atoms with E-state index in [1.807, 2.05) is 12.1 Å². The summed E-state index contributed by atoms with van der Waals surface area (Å²) in [5.74, 6) is -1.47. The molecule has 1 aliphatic carbocycles. The van der Waals surface area contributed by atoms with Crippen LogP contribution in [-0.2, 0) is 27.2 Å². The number of rotatable bonds is 4. The molecule has 0 aliphatic heterocycles. The molecule has 25 heavy (non-hydrogen) atoms. The van der Waals surface area contributed by atoms with Gasteiger partial charge in [-0.2, -0.15) is 0 Å². The Hall–Kier alpha value is -2.37. The number of amides is 2. The Morgan fingerprint density at radius 1 is 1.04 bits per heavy atom. The zero-order valence-corrected chi connectivity index (χ0v) is 14.6. The molecule has 0 saturated heterocycles. The van der Waals surface area contributed by atoms with E-state index in [1.165, 1.54) is 11.1 Å². The van der Waals surface area contributed by atoms with Crippen LogP contribution in [0, 0.1) is 0 Å². The van der Waals surface area contributed by atoms with E-state index in [0.29, 0.717) is 23.6 Å². The number of carbonyl (C=O) groups excluding carboxylic acids is 2. The summed E-state index contributed by atoms with van der Waals surface area (Å²) >= 11 is 5.98. The lowest BCUT2D eigenvalue weighted by molar-refractivity contribution is -0.137. The summed E-state index contributed by atoms with van der Waals surface area (Å²) < 4.78 is 5.68. The summed E-state index contributed by atoms with van der Waals surface area (Å²) in [6.45, 7) is 0.257. The van der Waals surface area contributed by atoms with Crippen molar-refractivity contribution in [1.82, 2.24) is 5.32 Å². The minimum absolute atomic E-state index is 0.257. The number of para-hydroxylation sites is 1. The molecule has 0 radical (unpaired) electrons. The highest BCUT2D eigenvalue weighted by Crippen LogP contribution is 2.32. The quantitative estimate of drug-likeness (QED) is 0.825. The van der Waals surface area contributed by atoms with Crippen molar-refractivity contribution < 1.29 is 14.3 Å². The molecule has 3 rings (SSSR count). The highest BCUT2D eigenvalue weighted by atomic mass is 35.5. The van der Waals surface area contributed by atoms with Gasteiger partial charge in [0, 0.05) is 26.5 Å². The molecule has 2 N–H and O–H groups in total. The Labute approximate surface area is 151 Å². The van der Waals surface area contributed by atoms with Crippen LogP contribution in [0.5, 0.6) is 0 Å². The SMILES string of the molecule is COC1(CNC(=O)C(=O)Nc2ccccc2Cl)Cc2ccccc2C1. The fourth-order valence-corrected chi connectivity index (χ4v) is 3.25. The molecule has 1 aliphatic rings. The monoisotopic (exact) mass is 358 g/mol. The summed E-state index contributed by atoms with van der Waals surface area (Å²) in [6.07, 6.45) is 1.40. The molecule has 0 atom stereocenters. The van der Waals surface area contributed by atoms with Gasteiger partial charge in [-0.25, -0.2) is 0 Å². The van der Waals surface area contributed by atoms with E-state index < -0.39 is 17.4 Å². The zero-order chi connectivity index (χ0) is 17.9. The minimum atomic E-state index is -0.755. The van der Waals surface area contributed by atoms with Crippen LogP contribution in [-0.4, -0.2) is 31.1 Å². The first-order valence-corrected chi connectivity index (χ1v) is 8.36. The predicted octanol–water partition coefficient (Wildman–Crippen LogP) is 2.58. The Morgan fingerprint density at radius 3 is 2.24 bits per heavy atom. The van der Waals surface area contributed by atoms with Crippen LogP contribution in [0.4, 0.5) is 5.69 Å². The lowest BCUT2D eigenvalue weighted by Crippen LogP contribution is -2.48. The Kier molecular flexibility index (Phi) is 5.06. The molecule has 0 fully saturated rings. The maximum absolute atomic E-state index is 12.1. The number of methoxy groups -OCH3 is 1. The first kappa shape index (κ1) is 17.5. The summed E-state index contributed by atoms with van der Waals surface area (Å²) in [6, 6.07) is 14.8. The average Bonchev–Trinajstić information content (AvgIpc) is 3.01. The van der Waals surface area contributed by atoms with E-state index >= 15 is 0 Å². The molecule has 0 spiro atoms. The van der Waals surface area contributed by atoms with Crippen molar-refractivity contribution in [3.8, 4) is 0 Å². The number of hydrogen-bond donors (Lipinski definition) is 2. The van der Waals surface area contributed by atoms with E-state index in [1.54, 1.807) is 31.4 Å². The van der Waals surface area contributed by atoms with E-state index in [9.17, 15) is 9.59 Å². The van der Waals surface area contributed by atoms with Gasteiger partial charge >= 0.3 is 11.8 Å². The van der Waals surface area contributed by atoms with Crippen molar-refractivity contribution in [2.45, 2.75) is 18.4 Å². The molecular weight excluding hydrogens is 340 g/mol. The maximum Gasteiger partial charge on any atom is 0.313 e. The first-order valence-electron chi connectivity index (χ1n) is 7.99. The van der Waals surface area contributed by atoms with Crippen molar-refractivity contribution in [1.29, 1.82) is 0 Å². The van der Waals surface area contributed by atoms with E-state index in [0.717, 1.165) is 0 Å². The average molecular weight is 359 g/mol. The second kappa shape index (κ2) is 7.25. The molecule has 2 aromatic carbocycles. The highest BCUT2D eigenvalue weighted by molar-refractivity contribution is 6.41. The van der Waals surface area contributed by atoms with E-state index in [-0.39, 0.29) is 6.54 Å². The Bertz CT molecular complexity index is 782. The maximum atomic E-state index is 12.1. The van der Waals surface area contributed by atoms with Crippen molar-refractivity contribution in [2.75, 3.05) is 19.0 Å². The third-order valence-corrected chi connectivity index (χ3v) is 4.81. The van der Waals surface area contributed by atoms with Crippen LogP contribution in [0.25, 0.3) is 0 Å². The summed E-state index contributed by atoms with van der Waals surface area (Å²) in [5.41, 5.74) is 2.29. The van der Waals surface area contributed by atoms with Crippen molar-refractivity contribution in [3.05, 3.63) is 64.7 Å². The van der Waals surface area contributed by atoms with Gasteiger partial charge in [-0.1, -0.05) is 48.0 Å². The van der Waals surface area contributed by atoms with Crippen LogP contribution in [0.2, 0.25) is 5.02 Å². The van der Waals surface area contributed by atoms with Gasteiger partial charge in [0.05, 0.1) is 16.3 Å². The Morgan fingerprint density at radius 2 is 1.64 bits per heavy atom. The molecule has 0 saturated carbocycles. The van der Waals surface area contributed by atoms with Crippen LogP contribution < -0.4 is 10.6 Å². The van der Waals surface area contributed by atoms with Crippen LogP contribution >= 0.6 is 11.6 Å².